The number of rotatable bonds is 5. The van der Waals surface area contributed by atoms with Crippen LogP contribution in [0.5, 0.6) is 0 Å². The molecular weight excluding hydrogens is 377 g/mol. The van der Waals surface area contributed by atoms with E-state index in [9.17, 15) is 19.8 Å². The lowest BCUT2D eigenvalue weighted by Gasteiger charge is -2.50. The molecule has 26 heavy (non-hydrogen) atoms. The van der Waals surface area contributed by atoms with Crippen molar-refractivity contribution in [1.29, 1.82) is 0 Å². The summed E-state index contributed by atoms with van der Waals surface area (Å²) in [5, 5.41) is 20.9. The fourth-order valence-corrected chi connectivity index (χ4v) is 4.93. The van der Waals surface area contributed by atoms with Gasteiger partial charge in [0, 0.05) is 21.5 Å². The third-order valence-electron chi connectivity index (χ3n) is 5.50. The Morgan fingerprint density at radius 1 is 1.12 bits per heavy atom. The Hall–Kier alpha value is -1.85. The third kappa shape index (κ3) is 2.57. The highest BCUT2D eigenvalue weighted by atomic mass is 35.5. The summed E-state index contributed by atoms with van der Waals surface area (Å²) in [6.45, 7) is 6.69. The standard InChI is InChI=1S/C19H21Cl2NO4/c1-5-18(17(25)26)11(4)22-10(3)15(16(23)24)19(18,6-2)13-9-12(20)7-8-14(13)21/h7-9H,5-6H2,1-4H3,(H,23,24)(H,25,26). The normalized spacial score (nSPS) is 25.8. The van der Waals surface area contributed by atoms with Crippen LogP contribution < -0.4 is 0 Å². The van der Waals surface area contributed by atoms with Crippen LogP contribution in [0.1, 0.15) is 46.1 Å². The van der Waals surface area contributed by atoms with Crippen molar-refractivity contribution >= 4 is 40.9 Å². The van der Waals surface area contributed by atoms with Crippen LogP contribution in [-0.2, 0) is 15.0 Å². The second kappa shape index (κ2) is 7.05. The molecule has 0 radical (unpaired) electrons. The first-order chi connectivity index (χ1) is 12.1. The third-order valence-corrected chi connectivity index (χ3v) is 6.06. The van der Waals surface area contributed by atoms with Gasteiger partial charge < -0.3 is 10.2 Å². The van der Waals surface area contributed by atoms with Crippen LogP contribution in [0.25, 0.3) is 0 Å². The summed E-state index contributed by atoms with van der Waals surface area (Å²) in [4.78, 5) is 29.1. The van der Waals surface area contributed by atoms with Crippen LogP contribution in [0, 0.1) is 5.41 Å². The number of hydrogen-bond acceptors (Lipinski definition) is 3. The van der Waals surface area contributed by atoms with Crippen molar-refractivity contribution in [2.24, 2.45) is 10.4 Å². The van der Waals surface area contributed by atoms with Gasteiger partial charge >= 0.3 is 11.9 Å². The van der Waals surface area contributed by atoms with Gasteiger partial charge in [0.05, 0.1) is 11.0 Å². The van der Waals surface area contributed by atoms with Gasteiger partial charge in [0.1, 0.15) is 5.41 Å². The fraction of sp³-hybridized carbons (Fsp3) is 0.421. The summed E-state index contributed by atoms with van der Waals surface area (Å²) in [7, 11) is 0. The van der Waals surface area contributed by atoms with Gasteiger partial charge in [-0.25, -0.2) is 4.79 Å². The summed E-state index contributed by atoms with van der Waals surface area (Å²) in [5.74, 6) is -2.35. The Balaban J connectivity index is 3.13. The topological polar surface area (TPSA) is 87.0 Å². The molecule has 140 valence electrons. The van der Waals surface area contributed by atoms with Gasteiger partial charge in [-0.1, -0.05) is 37.0 Å². The Morgan fingerprint density at radius 3 is 2.19 bits per heavy atom. The zero-order valence-electron chi connectivity index (χ0n) is 15.1. The van der Waals surface area contributed by atoms with Crippen LogP contribution in [0.15, 0.2) is 34.5 Å². The van der Waals surface area contributed by atoms with Gasteiger partial charge in [0.2, 0.25) is 0 Å². The summed E-state index contributed by atoms with van der Waals surface area (Å²) in [6.07, 6.45) is 0.359. The average Bonchev–Trinajstić information content (AvgIpc) is 2.55. The monoisotopic (exact) mass is 397 g/mol. The summed E-state index contributed by atoms with van der Waals surface area (Å²) >= 11 is 12.6. The fourth-order valence-electron chi connectivity index (χ4n) is 4.48. The molecule has 0 aromatic heterocycles. The van der Waals surface area contributed by atoms with Crippen LogP contribution in [0.4, 0.5) is 0 Å². The number of allylic oxidation sites excluding steroid dienone is 1. The Labute approximate surface area is 162 Å². The molecule has 1 heterocycles. The first-order valence-corrected chi connectivity index (χ1v) is 9.05. The van der Waals surface area contributed by atoms with Gasteiger partial charge in [-0.3, -0.25) is 9.79 Å². The first-order valence-electron chi connectivity index (χ1n) is 8.29. The smallest absolute Gasteiger partial charge is 0.334 e. The molecule has 0 amide bonds. The van der Waals surface area contributed by atoms with Gasteiger partial charge in [-0.2, -0.15) is 0 Å². The van der Waals surface area contributed by atoms with Crippen molar-refractivity contribution in [2.45, 2.75) is 46.0 Å². The SMILES string of the molecule is CCC1(C(=O)O)C(C)=NC(C)=C(C(=O)O)C1(CC)c1cc(Cl)ccc1Cl. The van der Waals surface area contributed by atoms with E-state index >= 15 is 0 Å². The van der Waals surface area contributed by atoms with Crippen molar-refractivity contribution < 1.29 is 19.8 Å². The minimum Gasteiger partial charge on any atom is -0.481 e. The minimum atomic E-state index is -1.55. The molecule has 0 aliphatic carbocycles. The largest absolute Gasteiger partial charge is 0.481 e. The van der Waals surface area contributed by atoms with Gasteiger partial charge in [0.15, 0.2) is 0 Å². The highest BCUT2D eigenvalue weighted by Crippen LogP contribution is 2.57. The maximum atomic E-state index is 12.6. The van der Waals surface area contributed by atoms with Crippen LogP contribution >= 0.6 is 23.2 Å². The van der Waals surface area contributed by atoms with Crippen molar-refractivity contribution in [3.8, 4) is 0 Å². The molecule has 1 aromatic carbocycles. The quantitative estimate of drug-likeness (QED) is 0.734. The van der Waals surface area contributed by atoms with E-state index in [1.807, 2.05) is 0 Å². The molecule has 1 aliphatic rings. The number of halogens is 2. The average molecular weight is 398 g/mol. The van der Waals surface area contributed by atoms with Gasteiger partial charge in [-0.15, -0.1) is 0 Å². The molecule has 2 atom stereocenters. The maximum Gasteiger partial charge on any atom is 0.334 e. The highest BCUT2D eigenvalue weighted by molar-refractivity contribution is 6.34. The molecule has 2 rings (SSSR count). The number of carboxylic acids is 2. The lowest BCUT2D eigenvalue weighted by molar-refractivity contribution is -0.149. The number of carbonyl (C=O) groups is 2. The molecule has 2 N–H and O–H groups in total. The first kappa shape index (κ1) is 20.5. The molecule has 7 heteroatoms. The number of carboxylic acid groups (broad SMARTS) is 2. The molecular formula is C19H21Cl2NO4. The maximum absolute atomic E-state index is 12.6. The van der Waals surface area contributed by atoms with E-state index in [4.69, 9.17) is 23.2 Å². The summed E-state index contributed by atoms with van der Waals surface area (Å²) < 4.78 is 0. The number of aliphatic imine (C=N–C) groups is 1. The Morgan fingerprint density at radius 2 is 1.73 bits per heavy atom. The number of benzene rings is 1. The van der Waals surface area contributed by atoms with E-state index in [0.717, 1.165) is 0 Å². The number of aliphatic carboxylic acids is 2. The predicted octanol–water partition coefficient (Wildman–Crippen LogP) is 4.96. The summed E-state index contributed by atoms with van der Waals surface area (Å²) in [6, 6.07) is 4.72. The number of nitrogens with zero attached hydrogens (tertiary/aromatic N) is 1. The highest BCUT2D eigenvalue weighted by Gasteiger charge is 2.63. The van der Waals surface area contributed by atoms with Gasteiger partial charge in [-0.05, 0) is 50.5 Å². The van der Waals surface area contributed by atoms with Crippen LogP contribution in [0.2, 0.25) is 10.0 Å². The second-order valence-electron chi connectivity index (χ2n) is 6.41. The molecule has 0 bridgehead atoms. The van der Waals surface area contributed by atoms with Crippen molar-refractivity contribution in [3.63, 3.8) is 0 Å². The minimum absolute atomic E-state index is 0.0565. The van der Waals surface area contributed by atoms with Gasteiger partial charge in [0.25, 0.3) is 0 Å². The predicted molar refractivity (Wildman–Crippen MR) is 102 cm³/mol. The zero-order chi connectivity index (χ0) is 19.9. The van der Waals surface area contributed by atoms with E-state index in [2.05, 4.69) is 4.99 Å². The molecule has 0 spiro atoms. The van der Waals surface area contributed by atoms with Crippen molar-refractivity contribution in [3.05, 3.63) is 45.1 Å². The molecule has 2 unspecified atom stereocenters. The Kier molecular flexibility index (Phi) is 5.54. The van der Waals surface area contributed by atoms with Crippen molar-refractivity contribution in [1.82, 2.24) is 0 Å². The molecule has 1 aromatic rings. The molecule has 1 aliphatic heterocycles. The second-order valence-corrected chi connectivity index (χ2v) is 7.25. The molecule has 5 nitrogen and oxygen atoms in total. The lowest BCUT2D eigenvalue weighted by atomic mass is 9.51. The molecule has 0 saturated heterocycles. The van der Waals surface area contributed by atoms with Crippen LogP contribution in [-0.4, -0.2) is 27.9 Å². The molecule has 0 saturated carbocycles. The zero-order valence-corrected chi connectivity index (χ0v) is 16.6. The molecule has 0 fully saturated rings. The van der Waals surface area contributed by atoms with E-state index < -0.39 is 22.8 Å². The van der Waals surface area contributed by atoms with E-state index in [-0.39, 0.29) is 29.1 Å². The lowest BCUT2D eigenvalue weighted by Crippen LogP contribution is -2.59. The van der Waals surface area contributed by atoms with E-state index in [0.29, 0.717) is 16.3 Å². The number of hydrogen-bond donors (Lipinski definition) is 2. The summed E-state index contributed by atoms with van der Waals surface area (Å²) in [5.41, 5.74) is -1.99. The van der Waals surface area contributed by atoms with Crippen LogP contribution in [0.3, 0.4) is 0 Å². The van der Waals surface area contributed by atoms with E-state index in [1.165, 1.54) is 0 Å². The van der Waals surface area contributed by atoms with Crippen molar-refractivity contribution in [2.75, 3.05) is 0 Å². The van der Waals surface area contributed by atoms with E-state index in [1.54, 1.807) is 45.9 Å². The Bertz CT molecular complexity index is 846.